The largest absolute Gasteiger partial charge is 0.394 e. The average molecular weight is 260 g/mol. The number of nitrogen functional groups attached to an aromatic ring is 1. The zero-order valence-electron chi connectivity index (χ0n) is 9.59. The molecular weight excluding hydrogens is 244 g/mol. The molecule has 0 atom stereocenters. The molecule has 1 saturated heterocycles. The summed E-state index contributed by atoms with van der Waals surface area (Å²) in [5.41, 5.74) is 5.97. The Kier molecular flexibility index (Phi) is 3.25. The summed E-state index contributed by atoms with van der Waals surface area (Å²) in [4.78, 5) is 0. The van der Waals surface area contributed by atoms with Crippen LogP contribution in [0.2, 0.25) is 0 Å². The van der Waals surface area contributed by atoms with Gasteiger partial charge in [-0.05, 0) is 12.8 Å². The Balaban J connectivity index is 2.17. The third kappa shape index (κ3) is 2.52. The number of hydrogen-bond donors (Lipinski definition) is 2. The van der Waals surface area contributed by atoms with Crippen molar-refractivity contribution >= 4 is 21.5 Å². The van der Waals surface area contributed by atoms with Crippen LogP contribution in [-0.4, -0.2) is 36.7 Å². The van der Waals surface area contributed by atoms with Gasteiger partial charge in [-0.2, -0.15) is 5.10 Å². The highest BCUT2D eigenvalue weighted by molar-refractivity contribution is 7.93. The molecule has 1 aliphatic heterocycles. The lowest BCUT2D eigenvalue weighted by Crippen LogP contribution is -2.33. The number of hydrogen-bond acceptors (Lipinski definition) is 5. The van der Waals surface area contributed by atoms with Gasteiger partial charge in [0.05, 0.1) is 17.1 Å². The standard InChI is InChI=1S/C9H16N4O3S/c1-13-9(8(10)6-11-13)12-17(14,15)7-2-4-16-5-3-7/h6-7,12H,2-5,10H2,1H3. The van der Waals surface area contributed by atoms with Gasteiger partial charge in [-0.1, -0.05) is 0 Å². The Bertz CT molecular complexity index is 471. The Morgan fingerprint density at radius 3 is 2.71 bits per heavy atom. The first-order valence-electron chi connectivity index (χ1n) is 5.37. The number of rotatable bonds is 3. The van der Waals surface area contributed by atoms with Crippen LogP contribution in [0.15, 0.2) is 6.20 Å². The molecule has 1 fully saturated rings. The molecule has 17 heavy (non-hydrogen) atoms. The molecule has 3 N–H and O–H groups in total. The minimum Gasteiger partial charge on any atom is -0.394 e. The number of nitrogens with zero attached hydrogens (tertiary/aromatic N) is 2. The van der Waals surface area contributed by atoms with Crippen LogP contribution in [0.4, 0.5) is 11.5 Å². The summed E-state index contributed by atoms with van der Waals surface area (Å²) in [6, 6.07) is 0. The van der Waals surface area contributed by atoms with Crippen molar-refractivity contribution in [2.24, 2.45) is 7.05 Å². The van der Waals surface area contributed by atoms with Crippen LogP contribution in [0.3, 0.4) is 0 Å². The molecule has 0 unspecified atom stereocenters. The van der Waals surface area contributed by atoms with E-state index in [1.54, 1.807) is 7.05 Å². The molecule has 1 aliphatic rings. The SMILES string of the molecule is Cn1ncc(N)c1NS(=O)(=O)C1CCOCC1. The molecule has 2 rings (SSSR count). The lowest BCUT2D eigenvalue weighted by atomic mass is 10.2. The smallest absolute Gasteiger partial charge is 0.236 e. The maximum atomic E-state index is 12.1. The number of nitrogens with one attached hydrogen (secondary N) is 1. The van der Waals surface area contributed by atoms with Crippen molar-refractivity contribution in [2.45, 2.75) is 18.1 Å². The molecule has 1 aromatic rings. The maximum absolute atomic E-state index is 12.1. The Morgan fingerprint density at radius 2 is 2.18 bits per heavy atom. The van der Waals surface area contributed by atoms with E-state index in [9.17, 15) is 8.42 Å². The Hall–Kier alpha value is -1.28. The van der Waals surface area contributed by atoms with Crippen LogP contribution >= 0.6 is 0 Å². The van der Waals surface area contributed by atoms with E-state index in [1.165, 1.54) is 10.9 Å². The van der Waals surface area contributed by atoms with Crippen molar-refractivity contribution in [3.05, 3.63) is 6.20 Å². The number of anilines is 2. The summed E-state index contributed by atoms with van der Waals surface area (Å²) in [6.07, 6.45) is 2.43. The van der Waals surface area contributed by atoms with E-state index in [4.69, 9.17) is 10.5 Å². The van der Waals surface area contributed by atoms with Crippen LogP contribution in [0.5, 0.6) is 0 Å². The molecule has 0 amide bonds. The number of ether oxygens (including phenoxy) is 1. The topological polar surface area (TPSA) is 99.2 Å². The molecule has 2 heterocycles. The van der Waals surface area contributed by atoms with Gasteiger partial charge in [0, 0.05) is 20.3 Å². The Labute approximate surface area is 100.0 Å². The van der Waals surface area contributed by atoms with Gasteiger partial charge >= 0.3 is 0 Å². The molecule has 96 valence electrons. The third-order valence-corrected chi connectivity index (χ3v) is 4.64. The van der Waals surface area contributed by atoms with Crippen LogP contribution in [0.1, 0.15) is 12.8 Å². The van der Waals surface area contributed by atoms with Crippen molar-refractivity contribution in [1.29, 1.82) is 0 Å². The van der Waals surface area contributed by atoms with E-state index in [0.29, 0.717) is 37.6 Å². The molecular formula is C9H16N4O3S. The number of nitrogens with two attached hydrogens (primary N) is 1. The normalized spacial score (nSPS) is 18.2. The van der Waals surface area contributed by atoms with E-state index in [-0.39, 0.29) is 0 Å². The van der Waals surface area contributed by atoms with E-state index in [0.717, 1.165) is 0 Å². The molecule has 0 aliphatic carbocycles. The van der Waals surface area contributed by atoms with Crippen molar-refractivity contribution in [3.63, 3.8) is 0 Å². The zero-order valence-corrected chi connectivity index (χ0v) is 10.4. The van der Waals surface area contributed by atoms with E-state index in [1.807, 2.05) is 0 Å². The zero-order chi connectivity index (χ0) is 12.5. The lowest BCUT2D eigenvalue weighted by Gasteiger charge is -2.22. The van der Waals surface area contributed by atoms with Gasteiger partial charge in [-0.3, -0.25) is 9.40 Å². The highest BCUT2D eigenvalue weighted by Gasteiger charge is 2.28. The summed E-state index contributed by atoms with van der Waals surface area (Å²) < 4.78 is 33.2. The predicted octanol–water partition coefficient (Wildman–Crippen LogP) is -0.0770. The third-order valence-electron chi connectivity index (χ3n) is 2.81. The minimum absolute atomic E-state index is 0.316. The quantitative estimate of drug-likeness (QED) is 0.792. The van der Waals surface area contributed by atoms with Gasteiger partial charge in [-0.15, -0.1) is 0 Å². The maximum Gasteiger partial charge on any atom is 0.236 e. The summed E-state index contributed by atoms with van der Waals surface area (Å²) >= 11 is 0. The summed E-state index contributed by atoms with van der Waals surface area (Å²) in [6.45, 7) is 0.957. The van der Waals surface area contributed by atoms with E-state index in [2.05, 4.69) is 9.82 Å². The molecule has 1 aromatic heterocycles. The van der Waals surface area contributed by atoms with Gasteiger partial charge in [0.1, 0.15) is 0 Å². The van der Waals surface area contributed by atoms with Gasteiger partial charge in [0.15, 0.2) is 5.82 Å². The van der Waals surface area contributed by atoms with Crippen LogP contribution in [0.25, 0.3) is 0 Å². The van der Waals surface area contributed by atoms with Crippen molar-refractivity contribution in [3.8, 4) is 0 Å². The first-order valence-corrected chi connectivity index (χ1v) is 6.92. The molecule has 7 nitrogen and oxygen atoms in total. The van der Waals surface area contributed by atoms with Crippen molar-refractivity contribution < 1.29 is 13.2 Å². The van der Waals surface area contributed by atoms with Gasteiger partial charge < -0.3 is 10.5 Å². The van der Waals surface area contributed by atoms with Crippen LogP contribution in [-0.2, 0) is 21.8 Å². The van der Waals surface area contributed by atoms with Crippen molar-refractivity contribution in [1.82, 2.24) is 9.78 Å². The molecule has 0 saturated carbocycles. The predicted molar refractivity (Wildman–Crippen MR) is 64.0 cm³/mol. The molecule has 0 radical (unpaired) electrons. The first kappa shape index (κ1) is 12.2. The Morgan fingerprint density at radius 1 is 1.53 bits per heavy atom. The molecule has 0 bridgehead atoms. The molecule has 8 heteroatoms. The summed E-state index contributed by atoms with van der Waals surface area (Å²) in [7, 11) is -1.79. The highest BCUT2D eigenvalue weighted by atomic mass is 32.2. The fourth-order valence-corrected chi connectivity index (χ4v) is 3.28. The number of aryl methyl sites for hydroxylation is 1. The van der Waals surface area contributed by atoms with E-state index < -0.39 is 15.3 Å². The minimum atomic E-state index is -3.42. The van der Waals surface area contributed by atoms with Crippen LogP contribution in [0, 0.1) is 0 Å². The fourth-order valence-electron chi connectivity index (χ4n) is 1.78. The van der Waals surface area contributed by atoms with Gasteiger partial charge in [-0.25, -0.2) is 8.42 Å². The van der Waals surface area contributed by atoms with Crippen molar-refractivity contribution in [2.75, 3.05) is 23.7 Å². The van der Waals surface area contributed by atoms with Gasteiger partial charge in [0.25, 0.3) is 0 Å². The first-order chi connectivity index (χ1) is 8.00. The monoisotopic (exact) mass is 260 g/mol. The summed E-state index contributed by atoms with van der Waals surface area (Å²) in [5.74, 6) is 0.316. The van der Waals surface area contributed by atoms with Crippen LogP contribution < -0.4 is 10.5 Å². The number of aromatic nitrogens is 2. The molecule has 0 aromatic carbocycles. The summed E-state index contributed by atoms with van der Waals surface area (Å²) in [5, 5.41) is 3.46. The fraction of sp³-hybridized carbons (Fsp3) is 0.667. The number of sulfonamides is 1. The molecule has 0 spiro atoms. The lowest BCUT2D eigenvalue weighted by molar-refractivity contribution is 0.0984. The second kappa shape index (κ2) is 4.53. The van der Waals surface area contributed by atoms with E-state index >= 15 is 0 Å². The highest BCUT2D eigenvalue weighted by Crippen LogP contribution is 2.22. The second-order valence-corrected chi connectivity index (χ2v) is 5.99. The van der Waals surface area contributed by atoms with Gasteiger partial charge in [0.2, 0.25) is 10.0 Å². The average Bonchev–Trinajstić information content (AvgIpc) is 2.62. The second-order valence-electron chi connectivity index (χ2n) is 4.03.